The Morgan fingerprint density at radius 1 is 1.17 bits per heavy atom. The number of rotatable bonds is 5. The van der Waals surface area contributed by atoms with Crippen molar-refractivity contribution in [2.75, 3.05) is 5.32 Å². The molecule has 0 bridgehead atoms. The monoisotopic (exact) mass is 427 g/mol. The molecule has 0 spiro atoms. The van der Waals surface area contributed by atoms with E-state index in [1.807, 2.05) is 38.1 Å². The van der Waals surface area contributed by atoms with Crippen molar-refractivity contribution in [2.45, 2.75) is 63.0 Å². The maximum atomic E-state index is 13.0. The fourth-order valence-corrected chi connectivity index (χ4v) is 5.81. The van der Waals surface area contributed by atoms with Gasteiger partial charge in [0, 0.05) is 21.1 Å². The van der Waals surface area contributed by atoms with Crippen LogP contribution in [0.25, 0.3) is 0 Å². The largest absolute Gasteiger partial charge is 0.361 e. The van der Waals surface area contributed by atoms with E-state index in [0.29, 0.717) is 10.7 Å². The molecule has 1 aromatic carbocycles. The van der Waals surface area contributed by atoms with Gasteiger partial charge < -0.3 is 4.52 Å². The molecule has 1 N–H and O–H groups in total. The molecule has 0 aliphatic heterocycles. The van der Waals surface area contributed by atoms with Gasteiger partial charge in [-0.05, 0) is 51.7 Å². The smallest absolute Gasteiger partial charge is 0.258 e. The number of nitrogens with zero attached hydrogens (tertiary/aromatic N) is 2. The summed E-state index contributed by atoms with van der Waals surface area (Å²) in [4.78, 5) is 20.0. The summed E-state index contributed by atoms with van der Waals surface area (Å²) in [6.45, 7) is 3.86. The van der Waals surface area contributed by atoms with Crippen LogP contribution in [-0.2, 0) is 18.6 Å². The highest BCUT2D eigenvalue weighted by atomic mass is 32.2. The molecule has 2 aromatic heterocycles. The summed E-state index contributed by atoms with van der Waals surface area (Å²) in [6, 6.07) is 7.71. The predicted octanol–water partition coefficient (Wildman–Crippen LogP) is 5.95. The van der Waals surface area contributed by atoms with Crippen molar-refractivity contribution < 1.29 is 9.32 Å². The first kappa shape index (κ1) is 20.2. The van der Waals surface area contributed by atoms with Crippen molar-refractivity contribution in [1.29, 1.82) is 0 Å². The molecule has 2 heterocycles. The third kappa shape index (κ3) is 4.73. The molecule has 1 aliphatic carbocycles. The number of hydrogen-bond donors (Lipinski definition) is 1. The molecule has 0 radical (unpaired) electrons. The summed E-state index contributed by atoms with van der Waals surface area (Å²) in [5, 5.41) is 7.76. The van der Waals surface area contributed by atoms with E-state index in [1.54, 1.807) is 23.1 Å². The molecular weight excluding hydrogens is 402 g/mol. The number of thiazole rings is 1. The summed E-state index contributed by atoms with van der Waals surface area (Å²) in [5.41, 5.74) is 3.83. The highest BCUT2D eigenvalue weighted by Crippen LogP contribution is 2.31. The maximum absolute atomic E-state index is 13.0. The highest BCUT2D eigenvalue weighted by molar-refractivity contribution is 7.98. The second-order valence-electron chi connectivity index (χ2n) is 7.34. The van der Waals surface area contributed by atoms with Gasteiger partial charge in [0.1, 0.15) is 5.76 Å². The fraction of sp³-hybridized carbons (Fsp3) is 0.409. The number of hydrogen-bond acceptors (Lipinski definition) is 6. The van der Waals surface area contributed by atoms with E-state index in [9.17, 15) is 4.79 Å². The number of thioether (sulfide) groups is 1. The van der Waals surface area contributed by atoms with Crippen LogP contribution in [-0.4, -0.2) is 16.0 Å². The lowest BCUT2D eigenvalue weighted by atomic mass is 10.0. The van der Waals surface area contributed by atoms with Crippen molar-refractivity contribution in [2.24, 2.45) is 0 Å². The van der Waals surface area contributed by atoms with Crippen LogP contribution >= 0.6 is 23.1 Å². The first-order valence-corrected chi connectivity index (χ1v) is 11.9. The Balaban J connectivity index is 1.48. The zero-order valence-corrected chi connectivity index (χ0v) is 18.4. The molecule has 1 aliphatic rings. The minimum absolute atomic E-state index is 0.103. The summed E-state index contributed by atoms with van der Waals surface area (Å²) in [5.74, 6) is 1.45. The number of aryl methyl sites for hydroxylation is 4. The predicted molar refractivity (Wildman–Crippen MR) is 118 cm³/mol. The molecule has 5 nitrogen and oxygen atoms in total. The van der Waals surface area contributed by atoms with Gasteiger partial charge in [0.15, 0.2) is 5.13 Å². The molecular formula is C22H25N3O2S2. The summed E-state index contributed by atoms with van der Waals surface area (Å²) < 4.78 is 5.25. The highest BCUT2D eigenvalue weighted by Gasteiger charge is 2.18. The Labute approximate surface area is 179 Å². The number of amides is 1. The zero-order valence-electron chi connectivity index (χ0n) is 16.8. The lowest BCUT2D eigenvalue weighted by molar-refractivity contribution is 0.102. The SMILES string of the molecule is Cc1noc(C)c1CSc1ccccc1C(=O)Nc1nc2c(s1)CCCCCC2. The molecule has 0 unspecified atom stereocenters. The van der Waals surface area contributed by atoms with Gasteiger partial charge in [0.25, 0.3) is 5.91 Å². The molecule has 152 valence electrons. The Hall–Kier alpha value is -2.12. The van der Waals surface area contributed by atoms with Gasteiger partial charge in [-0.25, -0.2) is 4.98 Å². The van der Waals surface area contributed by atoms with Gasteiger partial charge >= 0.3 is 0 Å². The molecule has 4 rings (SSSR count). The molecule has 0 atom stereocenters. The summed E-state index contributed by atoms with van der Waals surface area (Å²) >= 11 is 3.26. The van der Waals surface area contributed by atoms with E-state index in [1.165, 1.54) is 36.3 Å². The number of carbonyl (C=O) groups excluding carboxylic acids is 1. The molecule has 0 saturated carbocycles. The van der Waals surface area contributed by atoms with Gasteiger partial charge in [-0.15, -0.1) is 23.1 Å². The van der Waals surface area contributed by atoms with Gasteiger partial charge in [0.05, 0.1) is 17.0 Å². The number of nitrogens with one attached hydrogen (secondary N) is 1. The van der Waals surface area contributed by atoms with E-state index in [2.05, 4.69) is 10.5 Å². The van der Waals surface area contributed by atoms with Crippen LogP contribution in [0.4, 0.5) is 5.13 Å². The van der Waals surface area contributed by atoms with Crippen LogP contribution in [0.2, 0.25) is 0 Å². The molecule has 0 fully saturated rings. The zero-order chi connectivity index (χ0) is 20.2. The van der Waals surface area contributed by atoms with Gasteiger partial charge in [0.2, 0.25) is 0 Å². The van der Waals surface area contributed by atoms with E-state index >= 15 is 0 Å². The molecule has 29 heavy (non-hydrogen) atoms. The Kier molecular flexibility index (Phi) is 6.35. The van der Waals surface area contributed by atoms with Gasteiger partial charge in [-0.1, -0.05) is 30.1 Å². The fourth-order valence-electron chi connectivity index (χ4n) is 3.56. The topological polar surface area (TPSA) is 68.0 Å². The van der Waals surface area contributed by atoms with Gasteiger partial charge in [-0.2, -0.15) is 0 Å². The molecule has 3 aromatic rings. The van der Waals surface area contributed by atoms with Crippen LogP contribution in [0.3, 0.4) is 0 Å². The van der Waals surface area contributed by atoms with Crippen molar-refractivity contribution in [1.82, 2.24) is 10.1 Å². The Morgan fingerprint density at radius 3 is 2.76 bits per heavy atom. The summed E-state index contributed by atoms with van der Waals surface area (Å²) in [7, 11) is 0. The first-order valence-electron chi connectivity index (χ1n) is 10.1. The Morgan fingerprint density at radius 2 is 1.97 bits per heavy atom. The van der Waals surface area contributed by atoms with E-state index in [4.69, 9.17) is 9.51 Å². The van der Waals surface area contributed by atoms with Crippen LogP contribution in [0.1, 0.15) is 63.6 Å². The van der Waals surface area contributed by atoms with Crippen molar-refractivity contribution in [3.8, 4) is 0 Å². The quantitative estimate of drug-likeness (QED) is 0.510. The Bertz CT molecular complexity index is 964. The van der Waals surface area contributed by atoms with Gasteiger partial charge in [-0.3, -0.25) is 10.1 Å². The number of fused-ring (bicyclic) bond motifs is 1. The number of benzene rings is 1. The standard InChI is InChI=1S/C22H25N3O2S2/c1-14-17(15(2)27-25-14)13-28-19-11-8-7-9-16(19)21(26)24-22-23-18-10-5-3-4-6-12-20(18)29-22/h7-9,11H,3-6,10,12-13H2,1-2H3,(H,23,24,26). The lowest BCUT2D eigenvalue weighted by Gasteiger charge is -2.08. The third-order valence-corrected chi connectivity index (χ3v) is 7.42. The average molecular weight is 428 g/mol. The lowest BCUT2D eigenvalue weighted by Crippen LogP contribution is -2.13. The van der Waals surface area contributed by atoms with Crippen LogP contribution in [0, 0.1) is 13.8 Å². The van der Waals surface area contributed by atoms with Crippen LogP contribution in [0.5, 0.6) is 0 Å². The number of anilines is 1. The maximum Gasteiger partial charge on any atom is 0.258 e. The van der Waals surface area contributed by atoms with E-state index in [0.717, 1.165) is 40.5 Å². The summed E-state index contributed by atoms with van der Waals surface area (Å²) in [6.07, 6.45) is 7.05. The van der Waals surface area contributed by atoms with Crippen LogP contribution < -0.4 is 5.32 Å². The second kappa shape index (κ2) is 9.13. The second-order valence-corrected chi connectivity index (χ2v) is 9.45. The van der Waals surface area contributed by atoms with Crippen molar-refractivity contribution in [3.63, 3.8) is 0 Å². The third-order valence-electron chi connectivity index (χ3n) is 5.25. The van der Waals surface area contributed by atoms with Crippen LogP contribution in [0.15, 0.2) is 33.7 Å². The normalized spacial score (nSPS) is 14.1. The average Bonchev–Trinajstić information content (AvgIpc) is 3.22. The molecule has 1 amide bonds. The van der Waals surface area contributed by atoms with E-state index in [-0.39, 0.29) is 5.91 Å². The minimum Gasteiger partial charge on any atom is -0.361 e. The van der Waals surface area contributed by atoms with E-state index < -0.39 is 0 Å². The minimum atomic E-state index is -0.103. The van der Waals surface area contributed by atoms with Crippen molar-refractivity contribution in [3.05, 3.63) is 57.4 Å². The number of aromatic nitrogens is 2. The first-order chi connectivity index (χ1) is 14.1. The number of carbonyl (C=O) groups is 1. The molecule has 7 heteroatoms. The molecule has 0 saturated heterocycles. The van der Waals surface area contributed by atoms with Crippen molar-refractivity contribution >= 4 is 34.1 Å².